The molecule has 0 spiro atoms. The van der Waals surface area contributed by atoms with Crippen LogP contribution in [0.25, 0.3) is 11.0 Å². The molecule has 3 nitrogen and oxygen atoms in total. The van der Waals surface area contributed by atoms with Crippen LogP contribution in [0, 0.1) is 0 Å². The fraction of sp³-hybridized carbons (Fsp3) is 0.0667. The summed E-state index contributed by atoms with van der Waals surface area (Å²) in [5, 5.41) is 1.56. The zero-order valence-corrected chi connectivity index (χ0v) is 12.8. The lowest BCUT2D eigenvalue weighted by molar-refractivity contribution is 0.477. The van der Waals surface area contributed by atoms with E-state index in [1.54, 1.807) is 6.07 Å². The lowest BCUT2D eigenvalue weighted by Crippen LogP contribution is -2.28. The highest BCUT2D eigenvalue weighted by Crippen LogP contribution is 2.32. The zero-order valence-electron chi connectivity index (χ0n) is 10.4. The summed E-state index contributed by atoms with van der Waals surface area (Å²) < 4.78 is 6.85. The van der Waals surface area contributed by atoms with Crippen molar-refractivity contribution in [1.82, 2.24) is 5.43 Å². The fourth-order valence-electron chi connectivity index (χ4n) is 2.22. The molecule has 0 amide bonds. The Kier molecular flexibility index (Phi) is 3.81. The highest BCUT2D eigenvalue weighted by atomic mass is 79.9. The number of fused-ring (bicyclic) bond motifs is 1. The van der Waals surface area contributed by atoms with Gasteiger partial charge in [0.25, 0.3) is 0 Å². The van der Waals surface area contributed by atoms with Gasteiger partial charge < -0.3 is 4.42 Å². The molecule has 0 aliphatic rings. The van der Waals surface area contributed by atoms with Gasteiger partial charge in [0.2, 0.25) is 0 Å². The summed E-state index contributed by atoms with van der Waals surface area (Å²) in [5.41, 5.74) is 4.48. The molecule has 5 heteroatoms. The van der Waals surface area contributed by atoms with Crippen LogP contribution in [-0.4, -0.2) is 0 Å². The molecule has 0 saturated carbocycles. The quantitative estimate of drug-likeness (QED) is 0.543. The van der Waals surface area contributed by atoms with E-state index in [1.807, 2.05) is 42.5 Å². The van der Waals surface area contributed by atoms with Crippen molar-refractivity contribution < 1.29 is 4.42 Å². The second-order valence-electron chi connectivity index (χ2n) is 4.46. The summed E-state index contributed by atoms with van der Waals surface area (Å²) in [7, 11) is 0. The molecule has 20 heavy (non-hydrogen) atoms. The van der Waals surface area contributed by atoms with Gasteiger partial charge >= 0.3 is 0 Å². The topological polar surface area (TPSA) is 51.2 Å². The van der Waals surface area contributed by atoms with Gasteiger partial charge in [0, 0.05) is 9.86 Å². The molecule has 0 fully saturated rings. The average molecular weight is 352 g/mol. The van der Waals surface area contributed by atoms with Gasteiger partial charge in [-0.2, -0.15) is 0 Å². The Hall–Kier alpha value is -1.33. The van der Waals surface area contributed by atoms with Crippen molar-refractivity contribution in [2.45, 2.75) is 6.04 Å². The zero-order chi connectivity index (χ0) is 14.1. The van der Waals surface area contributed by atoms with Crippen LogP contribution in [0.3, 0.4) is 0 Å². The van der Waals surface area contributed by atoms with Gasteiger partial charge in [-0.05, 0) is 29.8 Å². The van der Waals surface area contributed by atoms with E-state index >= 15 is 0 Å². The molecule has 0 aliphatic carbocycles. The molecule has 2 aromatic carbocycles. The third-order valence-corrected chi connectivity index (χ3v) is 3.94. The van der Waals surface area contributed by atoms with Crippen LogP contribution >= 0.6 is 27.5 Å². The molecule has 1 atom stereocenters. The van der Waals surface area contributed by atoms with Crippen LogP contribution in [0.1, 0.15) is 17.4 Å². The second-order valence-corrected chi connectivity index (χ2v) is 5.78. The van der Waals surface area contributed by atoms with E-state index in [0.29, 0.717) is 10.6 Å². The van der Waals surface area contributed by atoms with E-state index in [1.165, 1.54) is 0 Å². The molecular weight excluding hydrogens is 340 g/mol. The van der Waals surface area contributed by atoms with Gasteiger partial charge in [-0.25, -0.2) is 5.43 Å². The van der Waals surface area contributed by atoms with Crippen molar-refractivity contribution >= 4 is 38.5 Å². The molecule has 3 aromatic rings. The summed E-state index contributed by atoms with van der Waals surface area (Å²) in [4.78, 5) is 0. The Balaban J connectivity index is 2.09. The van der Waals surface area contributed by atoms with Crippen molar-refractivity contribution in [3.63, 3.8) is 0 Å². The standard InChI is InChI=1S/C15H12BrClN2O/c16-11-5-1-3-9(7-11)14(19-18)13-8-10-4-2-6-12(17)15(10)20-13/h1-8,14,19H,18H2. The predicted molar refractivity (Wildman–Crippen MR) is 84.5 cm³/mol. The first kappa shape index (κ1) is 13.6. The van der Waals surface area contributed by atoms with Crippen LogP contribution in [0.5, 0.6) is 0 Å². The predicted octanol–water partition coefficient (Wildman–Crippen LogP) is 4.40. The summed E-state index contributed by atoms with van der Waals surface area (Å²) in [6.45, 7) is 0. The van der Waals surface area contributed by atoms with E-state index in [-0.39, 0.29) is 6.04 Å². The van der Waals surface area contributed by atoms with Crippen molar-refractivity contribution in [3.8, 4) is 0 Å². The number of hydrogen-bond donors (Lipinski definition) is 2. The van der Waals surface area contributed by atoms with E-state index in [0.717, 1.165) is 21.2 Å². The van der Waals surface area contributed by atoms with Crippen molar-refractivity contribution in [2.24, 2.45) is 5.84 Å². The third-order valence-electron chi connectivity index (χ3n) is 3.15. The number of benzene rings is 2. The molecule has 1 unspecified atom stereocenters. The molecule has 0 aliphatic heterocycles. The summed E-state index contributed by atoms with van der Waals surface area (Å²) in [5.74, 6) is 6.42. The minimum Gasteiger partial charge on any atom is -0.457 e. The number of hydrogen-bond acceptors (Lipinski definition) is 3. The number of nitrogens with one attached hydrogen (secondary N) is 1. The maximum absolute atomic E-state index is 6.14. The first-order chi connectivity index (χ1) is 9.69. The Morgan fingerprint density at radius 2 is 1.95 bits per heavy atom. The largest absolute Gasteiger partial charge is 0.457 e. The third kappa shape index (κ3) is 2.47. The Morgan fingerprint density at radius 3 is 2.65 bits per heavy atom. The monoisotopic (exact) mass is 350 g/mol. The molecule has 3 rings (SSSR count). The van der Waals surface area contributed by atoms with E-state index in [2.05, 4.69) is 21.4 Å². The number of rotatable bonds is 3. The second kappa shape index (κ2) is 5.58. The Bertz CT molecular complexity index is 756. The maximum atomic E-state index is 6.14. The van der Waals surface area contributed by atoms with Crippen molar-refractivity contribution in [3.05, 3.63) is 69.3 Å². The highest BCUT2D eigenvalue weighted by molar-refractivity contribution is 9.10. The molecule has 0 radical (unpaired) electrons. The summed E-state index contributed by atoms with van der Waals surface area (Å²) in [6, 6.07) is 15.3. The minimum atomic E-state index is -0.226. The first-order valence-corrected chi connectivity index (χ1v) is 7.25. The average Bonchev–Trinajstić information content (AvgIpc) is 2.85. The maximum Gasteiger partial charge on any atom is 0.152 e. The van der Waals surface area contributed by atoms with E-state index in [4.69, 9.17) is 21.9 Å². The van der Waals surface area contributed by atoms with Gasteiger partial charge in [0.15, 0.2) is 5.58 Å². The fourth-order valence-corrected chi connectivity index (χ4v) is 2.86. The summed E-state index contributed by atoms with van der Waals surface area (Å²) in [6.07, 6.45) is 0. The Labute approximate surface area is 129 Å². The molecule has 0 bridgehead atoms. The smallest absolute Gasteiger partial charge is 0.152 e. The van der Waals surface area contributed by atoms with Gasteiger partial charge in [0.05, 0.1) is 5.02 Å². The van der Waals surface area contributed by atoms with Gasteiger partial charge in [-0.3, -0.25) is 5.84 Å². The number of para-hydroxylation sites is 1. The number of hydrazine groups is 1. The van der Waals surface area contributed by atoms with Crippen LogP contribution in [-0.2, 0) is 0 Å². The molecule has 102 valence electrons. The summed E-state index contributed by atoms with van der Waals surface area (Å²) >= 11 is 9.59. The van der Waals surface area contributed by atoms with E-state index in [9.17, 15) is 0 Å². The minimum absolute atomic E-state index is 0.226. The first-order valence-electron chi connectivity index (χ1n) is 6.08. The molecule has 1 heterocycles. The normalized spacial score (nSPS) is 12.8. The van der Waals surface area contributed by atoms with Gasteiger partial charge in [-0.15, -0.1) is 0 Å². The van der Waals surface area contributed by atoms with Crippen LogP contribution in [0.2, 0.25) is 5.02 Å². The lowest BCUT2D eigenvalue weighted by Gasteiger charge is -2.13. The van der Waals surface area contributed by atoms with Crippen LogP contribution < -0.4 is 11.3 Å². The van der Waals surface area contributed by atoms with E-state index < -0.39 is 0 Å². The molecular formula is C15H12BrClN2O. The van der Waals surface area contributed by atoms with Crippen LogP contribution in [0.15, 0.2) is 57.4 Å². The molecule has 1 aromatic heterocycles. The molecule has 3 N–H and O–H groups in total. The van der Waals surface area contributed by atoms with Gasteiger partial charge in [0.1, 0.15) is 11.8 Å². The van der Waals surface area contributed by atoms with Gasteiger partial charge in [-0.1, -0.05) is 51.8 Å². The SMILES string of the molecule is NNC(c1cccc(Br)c1)c1cc2cccc(Cl)c2o1. The van der Waals surface area contributed by atoms with Crippen LogP contribution in [0.4, 0.5) is 0 Å². The molecule has 0 saturated heterocycles. The van der Waals surface area contributed by atoms with Crippen molar-refractivity contribution in [1.29, 1.82) is 0 Å². The number of furan rings is 1. The highest BCUT2D eigenvalue weighted by Gasteiger charge is 2.18. The Morgan fingerprint density at radius 1 is 1.15 bits per heavy atom. The number of nitrogens with two attached hydrogens (primary N) is 1. The van der Waals surface area contributed by atoms with Crippen molar-refractivity contribution in [2.75, 3.05) is 0 Å². The lowest BCUT2D eigenvalue weighted by atomic mass is 10.1. The number of halogens is 2.